The third kappa shape index (κ3) is 8.96. The van der Waals surface area contributed by atoms with Gasteiger partial charge in [-0.05, 0) is 6.42 Å². The van der Waals surface area contributed by atoms with Crippen LogP contribution in [0.4, 0.5) is 0 Å². The molecule has 0 N–H and O–H groups in total. The summed E-state index contributed by atoms with van der Waals surface area (Å²) in [5, 5.41) is 0. The molecular formula is C8H20O4P2. The van der Waals surface area contributed by atoms with Crippen LogP contribution in [0.15, 0.2) is 0 Å². The number of hydrogen-bond acceptors (Lipinski definition) is 4. The number of rotatable bonds is 6. The smallest absolute Gasteiger partial charge is 0.197 e. The fourth-order valence-electron chi connectivity index (χ4n) is 0.844. The molecule has 0 spiro atoms. The van der Waals surface area contributed by atoms with E-state index in [9.17, 15) is 9.13 Å². The molecule has 14 heavy (non-hydrogen) atoms. The summed E-state index contributed by atoms with van der Waals surface area (Å²) in [6.45, 7) is 8.39. The van der Waals surface area contributed by atoms with Crippen LogP contribution in [0.3, 0.4) is 0 Å². The summed E-state index contributed by atoms with van der Waals surface area (Å²) in [5.41, 5.74) is 0. The summed E-state index contributed by atoms with van der Waals surface area (Å²) in [7, 11) is -4.96. The van der Waals surface area contributed by atoms with E-state index in [-0.39, 0.29) is 12.7 Å². The van der Waals surface area contributed by atoms with Crippen molar-refractivity contribution in [2.75, 3.05) is 33.3 Å². The van der Waals surface area contributed by atoms with Crippen molar-refractivity contribution in [2.45, 2.75) is 19.4 Å². The Morgan fingerprint density at radius 1 is 1.07 bits per heavy atom. The highest BCUT2D eigenvalue weighted by atomic mass is 31.2. The minimum Gasteiger partial charge on any atom is -0.326 e. The Hall–Kier alpha value is 0.380. The average molecular weight is 242 g/mol. The van der Waals surface area contributed by atoms with Crippen LogP contribution in [0, 0.1) is 0 Å². The van der Waals surface area contributed by atoms with Gasteiger partial charge in [-0.3, -0.25) is 9.13 Å². The molecule has 4 nitrogen and oxygen atoms in total. The first-order valence-electron chi connectivity index (χ1n) is 4.57. The second-order valence-corrected chi connectivity index (χ2v) is 9.41. The van der Waals surface area contributed by atoms with E-state index in [0.717, 1.165) is 0 Å². The van der Waals surface area contributed by atoms with Crippen molar-refractivity contribution in [3.8, 4) is 0 Å². The maximum atomic E-state index is 11.4. The van der Waals surface area contributed by atoms with Gasteiger partial charge in [-0.25, -0.2) is 0 Å². The molecule has 0 aromatic rings. The minimum atomic E-state index is -2.49. The van der Waals surface area contributed by atoms with Gasteiger partial charge in [0.25, 0.3) is 0 Å². The molecule has 0 amide bonds. The Kier molecular flexibility index (Phi) is 5.61. The molecule has 0 aliphatic heterocycles. The maximum absolute atomic E-state index is 11.4. The fourth-order valence-corrected chi connectivity index (χ4v) is 2.30. The van der Waals surface area contributed by atoms with Crippen LogP contribution in [-0.2, 0) is 18.2 Å². The lowest BCUT2D eigenvalue weighted by Crippen LogP contribution is -2.16. The quantitative estimate of drug-likeness (QED) is 0.672. The summed E-state index contributed by atoms with van der Waals surface area (Å²) in [4.78, 5) is 0. The van der Waals surface area contributed by atoms with Crippen molar-refractivity contribution >= 4 is 14.7 Å². The fraction of sp³-hybridized carbons (Fsp3) is 1.00. The molecule has 0 saturated heterocycles. The molecule has 0 radical (unpaired) electrons. The molecule has 1 unspecified atom stereocenters. The predicted molar refractivity (Wildman–Crippen MR) is 60.0 cm³/mol. The molecule has 0 aliphatic carbocycles. The molecule has 0 heterocycles. The Labute approximate surface area is 86.3 Å². The van der Waals surface area contributed by atoms with Crippen LogP contribution in [0.25, 0.3) is 0 Å². The molecule has 0 aliphatic rings. The van der Waals surface area contributed by atoms with E-state index in [4.69, 9.17) is 9.05 Å². The Balaban J connectivity index is 4.06. The third-order valence-corrected chi connectivity index (χ3v) is 3.01. The normalized spacial score (nSPS) is 15.5. The van der Waals surface area contributed by atoms with Crippen molar-refractivity contribution in [3.05, 3.63) is 0 Å². The highest BCUT2D eigenvalue weighted by Crippen LogP contribution is 2.42. The zero-order valence-corrected chi connectivity index (χ0v) is 11.3. The summed E-state index contributed by atoms with van der Waals surface area (Å²) in [5.74, 6) is 0. The van der Waals surface area contributed by atoms with E-state index >= 15 is 0 Å². The largest absolute Gasteiger partial charge is 0.326 e. The third-order valence-electron chi connectivity index (χ3n) is 1.43. The summed E-state index contributed by atoms with van der Waals surface area (Å²) >= 11 is 0. The zero-order valence-electron chi connectivity index (χ0n) is 9.52. The van der Waals surface area contributed by atoms with Crippen molar-refractivity contribution in [1.29, 1.82) is 0 Å². The molecule has 1 atom stereocenters. The Morgan fingerprint density at radius 3 is 1.86 bits per heavy atom. The minimum absolute atomic E-state index is 0.232. The van der Waals surface area contributed by atoms with Crippen molar-refractivity contribution in [3.63, 3.8) is 0 Å². The molecule has 0 aromatic heterocycles. The van der Waals surface area contributed by atoms with E-state index in [1.807, 2.05) is 6.92 Å². The van der Waals surface area contributed by atoms with Crippen molar-refractivity contribution in [1.82, 2.24) is 0 Å². The highest BCUT2D eigenvalue weighted by molar-refractivity contribution is 7.57. The maximum Gasteiger partial charge on any atom is 0.197 e. The SMILES string of the molecule is CCC(COP(C)(C)=O)OP(C)(C)=O. The van der Waals surface area contributed by atoms with Crippen LogP contribution >= 0.6 is 14.7 Å². The second-order valence-electron chi connectivity index (χ2n) is 3.94. The summed E-state index contributed by atoms with van der Waals surface area (Å²) < 4.78 is 33.0. The first kappa shape index (κ1) is 14.4. The molecule has 0 saturated carbocycles. The first-order valence-corrected chi connectivity index (χ1v) is 9.61. The zero-order chi connectivity index (χ0) is 11.4. The van der Waals surface area contributed by atoms with Crippen molar-refractivity contribution in [2.24, 2.45) is 0 Å². The Bertz CT molecular complexity index is 252. The van der Waals surface area contributed by atoms with Gasteiger partial charge in [0.2, 0.25) is 0 Å². The lowest BCUT2D eigenvalue weighted by Gasteiger charge is -2.20. The van der Waals surface area contributed by atoms with Crippen LogP contribution in [0.5, 0.6) is 0 Å². The lowest BCUT2D eigenvalue weighted by molar-refractivity contribution is 0.132. The molecule has 6 heteroatoms. The molecular weight excluding hydrogens is 222 g/mol. The standard InChI is InChI=1S/C8H20O4P2/c1-6-8(12-14(4,5)10)7-11-13(2,3)9/h8H,6-7H2,1-5H3. The molecule has 0 bridgehead atoms. The molecule has 86 valence electrons. The van der Waals surface area contributed by atoms with E-state index < -0.39 is 14.7 Å². The van der Waals surface area contributed by atoms with Gasteiger partial charge in [-0.15, -0.1) is 0 Å². The van der Waals surface area contributed by atoms with E-state index in [1.165, 1.54) is 0 Å². The van der Waals surface area contributed by atoms with Crippen molar-refractivity contribution < 1.29 is 18.2 Å². The van der Waals surface area contributed by atoms with E-state index in [1.54, 1.807) is 26.7 Å². The van der Waals surface area contributed by atoms with Gasteiger partial charge in [0.05, 0.1) is 12.7 Å². The second kappa shape index (κ2) is 5.46. The highest BCUT2D eigenvalue weighted by Gasteiger charge is 2.18. The van der Waals surface area contributed by atoms with Gasteiger partial charge < -0.3 is 9.05 Å². The molecule has 0 rings (SSSR count). The van der Waals surface area contributed by atoms with E-state index in [0.29, 0.717) is 6.42 Å². The predicted octanol–water partition coefficient (Wildman–Crippen LogP) is 2.87. The summed E-state index contributed by atoms with van der Waals surface area (Å²) in [6.07, 6.45) is 0.468. The van der Waals surface area contributed by atoms with Gasteiger partial charge in [0.1, 0.15) is 0 Å². The van der Waals surface area contributed by atoms with Crippen LogP contribution in [0.2, 0.25) is 0 Å². The topological polar surface area (TPSA) is 52.6 Å². The van der Waals surface area contributed by atoms with E-state index in [2.05, 4.69) is 0 Å². The van der Waals surface area contributed by atoms with Gasteiger partial charge in [0.15, 0.2) is 14.7 Å². The number of hydrogen-bond donors (Lipinski definition) is 0. The lowest BCUT2D eigenvalue weighted by atomic mass is 10.3. The van der Waals surface area contributed by atoms with Gasteiger partial charge in [-0.1, -0.05) is 6.92 Å². The van der Waals surface area contributed by atoms with Gasteiger partial charge in [0, 0.05) is 26.7 Å². The monoisotopic (exact) mass is 242 g/mol. The van der Waals surface area contributed by atoms with Crippen LogP contribution < -0.4 is 0 Å². The average Bonchev–Trinajstić information content (AvgIpc) is 1.94. The molecule has 0 aromatic carbocycles. The first-order chi connectivity index (χ1) is 6.14. The van der Waals surface area contributed by atoms with Crippen LogP contribution in [0.1, 0.15) is 13.3 Å². The summed E-state index contributed by atoms with van der Waals surface area (Å²) in [6, 6.07) is 0. The van der Waals surface area contributed by atoms with Gasteiger partial charge >= 0.3 is 0 Å². The molecule has 0 fully saturated rings. The Morgan fingerprint density at radius 2 is 1.57 bits per heavy atom. The van der Waals surface area contributed by atoms with Crippen LogP contribution in [-0.4, -0.2) is 39.4 Å². The van der Waals surface area contributed by atoms with Gasteiger partial charge in [-0.2, -0.15) is 0 Å².